The Kier molecular flexibility index (Phi) is 3.53. The molecule has 2 rings (SSSR count). The van der Waals surface area contributed by atoms with Crippen LogP contribution in [-0.4, -0.2) is 15.2 Å². The summed E-state index contributed by atoms with van der Waals surface area (Å²) in [6.45, 7) is 2.62. The van der Waals surface area contributed by atoms with Gasteiger partial charge < -0.3 is 5.32 Å². The zero-order chi connectivity index (χ0) is 12.3. The Hall–Kier alpha value is -1.69. The van der Waals surface area contributed by atoms with E-state index in [9.17, 15) is 4.79 Å². The number of anilines is 1. The first-order valence-electron chi connectivity index (χ1n) is 5.05. The number of hydrogen-bond donors (Lipinski definition) is 2. The van der Waals surface area contributed by atoms with Gasteiger partial charge in [0.15, 0.2) is 0 Å². The highest BCUT2D eigenvalue weighted by molar-refractivity contribution is 9.10. The lowest BCUT2D eigenvalue weighted by Crippen LogP contribution is -2.12. The molecule has 2 aromatic rings. The van der Waals surface area contributed by atoms with Crippen LogP contribution in [0.3, 0.4) is 0 Å². The van der Waals surface area contributed by atoms with Gasteiger partial charge in [0, 0.05) is 18.9 Å². The normalized spacial score (nSPS) is 10.2. The molecule has 2 N–H and O–H groups in total. The van der Waals surface area contributed by atoms with Crippen molar-refractivity contribution in [1.29, 1.82) is 0 Å². The van der Waals surface area contributed by atoms with E-state index in [-0.39, 0.29) is 5.56 Å². The smallest absolute Gasteiger partial charge is 0.280 e. The van der Waals surface area contributed by atoms with Gasteiger partial charge in [-0.2, -0.15) is 5.10 Å². The minimum atomic E-state index is -0.252. The van der Waals surface area contributed by atoms with Crippen LogP contribution >= 0.6 is 15.9 Å². The molecule has 0 aromatic carbocycles. The molecule has 2 heterocycles. The van der Waals surface area contributed by atoms with Crippen LogP contribution < -0.4 is 10.9 Å². The molecule has 6 heteroatoms. The lowest BCUT2D eigenvalue weighted by atomic mass is 10.1. The highest BCUT2D eigenvalue weighted by Gasteiger charge is 2.04. The van der Waals surface area contributed by atoms with E-state index in [2.05, 4.69) is 36.4 Å². The molecule has 0 spiro atoms. The molecule has 0 unspecified atom stereocenters. The van der Waals surface area contributed by atoms with Crippen LogP contribution in [0.1, 0.15) is 11.1 Å². The fraction of sp³-hybridized carbons (Fsp3) is 0.182. The van der Waals surface area contributed by atoms with Gasteiger partial charge in [-0.25, -0.2) is 5.10 Å². The second-order valence-electron chi connectivity index (χ2n) is 3.58. The SMILES string of the molecule is Cc1ccncc1CNc1cn[nH]c(=O)c1Br. The van der Waals surface area contributed by atoms with Gasteiger partial charge in [-0.05, 0) is 40.0 Å². The van der Waals surface area contributed by atoms with Crippen molar-refractivity contribution in [1.82, 2.24) is 15.2 Å². The number of aromatic nitrogens is 3. The average Bonchev–Trinajstić information content (AvgIpc) is 2.33. The molecule has 88 valence electrons. The number of aromatic amines is 1. The molecule has 0 saturated carbocycles. The van der Waals surface area contributed by atoms with E-state index in [0.717, 1.165) is 11.1 Å². The van der Waals surface area contributed by atoms with Crippen molar-refractivity contribution in [3.05, 3.63) is 50.6 Å². The third-order valence-corrected chi connectivity index (χ3v) is 3.20. The van der Waals surface area contributed by atoms with Gasteiger partial charge in [-0.15, -0.1) is 0 Å². The van der Waals surface area contributed by atoms with Gasteiger partial charge >= 0.3 is 0 Å². The summed E-state index contributed by atoms with van der Waals surface area (Å²) in [5.74, 6) is 0. The van der Waals surface area contributed by atoms with Crippen LogP contribution in [0, 0.1) is 6.92 Å². The van der Waals surface area contributed by atoms with Crippen molar-refractivity contribution >= 4 is 21.6 Å². The maximum Gasteiger partial charge on any atom is 0.280 e. The summed E-state index contributed by atoms with van der Waals surface area (Å²) >= 11 is 3.21. The van der Waals surface area contributed by atoms with E-state index >= 15 is 0 Å². The zero-order valence-corrected chi connectivity index (χ0v) is 10.8. The summed E-state index contributed by atoms with van der Waals surface area (Å²) in [7, 11) is 0. The summed E-state index contributed by atoms with van der Waals surface area (Å²) in [4.78, 5) is 15.4. The quantitative estimate of drug-likeness (QED) is 0.906. The molecule has 0 atom stereocenters. The molecule has 0 radical (unpaired) electrons. The molecular formula is C11H11BrN4O. The van der Waals surface area contributed by atoms with Gasteiger partial charge in [-0.1, -0.05) is 0 Å². The second kappa shape index (κ2) is 5.09. The fourth-order valence-corrected chi connectivity index (χ4v) is 1.71. The maximum atomic E-state index is 11.3. The predicted molar refractivity (Wildman–Crippen MR) is 68.9 cm³/mol. The summed E-state index contributed by atoms with van der Waals surface area (Å²) in [5.41, 5.74) is 2.65. The second-order valence-corrected chi connectivity index (χ2v) is 4.38. The third kappa shape index (κ3) is 2.71. The van der Waals surface area contributed by atoms with Crippen molar-refractivity contribution in [2.75, 3.05) is 5.32 Å². The number of halogens is 1. The number of aryl methyl sites for hydroxylation is 1. The van der Waals surface area contributed by atoms with Crippen molar-refractivity contribution in [3.8, 4) is 0 Å². The Bertz CT molecular complexity index is 582. The Morgan fingerprint density at radius 2 is 2.29 bits per heavy atom. The molecule has 0 aliphatic rings. The summed E-state index contributed by atoms with van der Waals surface area (Å²) in [6.07, 6.45) is 5.12. The largest absolute Gasteiger partial charge is 0.379 e. The number of rotatable bonds is 3. The van der Waals surface area contributed by atoms with Gasteiger partial charge in [0.25, 0.3) is 5.56 Å². The molecule has 5 nitrogen and oxygen atoms in total. The lowest BCUT2D eigenvalue weighted by molar-refractivity contribution is 0.968. The van der Waals surface area contributed by atoms with Crippen molar-refractivity contribution in [3.63, 3.8) is 0 Å². The molecule has 17 heavy (non-hydrogen) atoms. The minimum absolute atomic E-state index is 0.252. The first kappa shape index (κ1) is 11.8. The van der Waals surface area contributed by atoms with Crippen molar-refractivity contribution in [2.24, 2.45) is 0 Å². The summed E-state index contributed by atoms with van der Waals surface area (Å²) in [6, 6.07) is 1.95. The number of nitrogens with one attached hydrogen (secondary N) is 2. The monoisotopic (exact) mass is 294 g/mol. The van der Waals surface area contributed by atoms with Gasteiger partial charge in [0.05, 0.1) is 11.9 Å². The maximum absolute atomic E-state index is 11.3. The standard InChI is InChI=1S/C11H11BrN4O/c1-7-2-3-13-4-8(7)5-14-9-6-15-16-11(17)10(9)12/h2-4,6H,5H2,1H3,(H2,14,16,17). The van der Waals surface area contributed by atoms with E-state index < -0.39 is 0 Å². The topological polar surface area (TPSA) is 70.7 Å². The lowest BCUT2D eigenvalue weighted by Gasteiger charge is -2.08. The number of pyridine rings is 1. The van der Waals surface area contributed by atoms with Crippen LogP contribution in [0.15, 0.2) is 33.9 Å². The average molecular weight is 295 g/mol. The third-order valence-electron chi connectivity index (χ3n) is 2.41. The van der Waals surface area contributed by atoms with E-state index in [1.807, 2.05) is 13.0 Å². The highest BCUT2D eigenvalue weighted by atomic mass is 79.9. The molecule has 0 aliphatic carbocycles. The molecular weight excluding hydrogens is 284 g/mol. The van der Waals surface area contributed by atoms with E-state index in [1.54, 1.807) is 18.6 Å². The van der Waals surface area contributed by atoms with Gasteiger partial charge in [-0.3, -0.25) is 9.78 Å². The molecule has 0 saturated heterocycles. The summed E-state index contributed by atoms with van der Waals surface area (Å²) in [5, 5.41) is 9.22. The molecule has 0 amide bonds. The van der Waals surface area contributed by atoms with E-state index in [1.165, 1.54) is 0 Å². The Morgan fingerprint density at radius 1 is 1.47 bits per heavy atom. The fourth-order valence-electron chi connectivity index (χ4n) is 1.38. The Morgan fingerprint density at radius 3 is 3.06 bits per heavy atom. The minimum Gasteiger partial charge on any atom is -0.379 e. The zero-order valence-electron chi connectivity index (χ0n) is 9.20. The Labute approximate surface area is 106 Å². The summed E-state index contributed by atoms with van der Waals surface area (Å²) < 4.78 is 0.453. The van der Waals surface area contributed by atoms with Crippen LogP contribution in [0.2, 0.25) is 0 Å². The first-order valence-corrected chi connectivity index (χ1v) is 5.84. The van der Waals surface area contributed by atoms with Crippen LogP contribution in [0.25, 0.3) is 0 Å². The first-order chi connectivity index (χ1) is 8.18. The van der Waals surface area contributed by atoms with E-state index in [4.69, 9.17) is 0 Å². The van der Waals surface area contributed by atoms with Crippen LogP contribution in [-0.2, 0) is 6.54 Å². The number of hydrogen-bond acceptors (Lipinski definition) is 4. The predicted octanol–water partition coefficient (Wildman–Crippen LogP) is 1.85. The van der Waals surface area contributed by atoms with Crippen molar-refractivity contribution in [2.45, 2.75) is 13.5 Å². The van der Waals surface area contributed by atoms with Gasteiger partial charge in [0.1, 0.15) is 4.47 Å². The highest BCUT2D eigenvalue weighted by Crippen LogP contribution is 2.16. The number of H-pyrrole nitrogens is 1. The van der Waals surface area contributed by atoms with Crippen LogP contribution in [0.5, 0.6) is 0 Å². The molecule has 0 aliphatic heterocycles. The Balaban J connectivity index is 2.16. The van der Waals surface area contributed by atoms with Crippen molar-refractivity contribution < 1.29 is 0 Å². The number of nitrogens with zero attached hydrogens (tertiary/aromatic N) is 2. The molecule has 0 fully saturated rings. The van der Waals surface area contributed by atoms with Crippen LogP contribution in [0.4, 0.5) is 5.69 Å². The van der Waals surface area contributed by atoms with Gasteiger partial charge in [0.2, 0.25) is 0 Å². The van der Waals surface area contributed by atoms with E-state index in [0.29, 0.717) is 16.7 Å². The molecule has 0 bridgehead atoms. The molecule has 2 aromatic heterocycles.